The molecule has 0 amide bonds. The van der Waals surface area contributed by atoms with E-state index >= 15 is 0 Å². The summed E-state index contributed by atoms with van der Waals surface area (Å²) in [5, 5.41) is 4.42. The van der Waals surface area contributed by atoms with Crippen molar-refractivity contribution in [2.75, 3.05) is 6.61 Å². The van der Waals surface area contributed by atoms with Crippen LogP contribution in [0.25, 0.3) is 0 Å². The lowest BCUT2D eigenvalue weighted by Crippen LogP contribution is -2.39. The molecule has 3 aromatic rings. The van der Waals surface area contributed by atoms with Gasteiger partial charge in [-0.05, 0) is 42.8 Å². The van der Waals surface area contributed by atoms with Crippen LogP contribution in [-0.4, -0.2) is 42.0 Å². The summed E-state index contributed by atoms with van der Waals surface area (Å²) in [7, 11) is -5.85. The third-order valence-electron chi connectivity index (χ3n) is 5.32. The first-order valence-corrected chi connectivity index (χ1v) is 14.8. The van der Waals surface area contributed by atoms with E-state index in [0.29, 0.717) is 6.42 Å². The van der Waals surface area contributed by atoms with E-state index in [2.05, 4.69) is 95.7 Å². The Morgan fingerprint density at radius 1 is 0.842 bits per heavy atom. The summed E-state index contributed by atoms with van der Waals surface area (Å²) >= 11 is 0. The standard InChI is InChI=1S/C18H15S.C10H18F2O6S/c1-4-10-16(11-5-1)19(17-12-6-2-7-13-17)18-14-8-3-9-15-18;1-2-3-4-5-8(13)6-7-18-9(14)10(11,12)19(15,16)17/h1-15H;8,13H,2-7H2,1H3,(H,15,16,17)/q+1;. The molecule has 2 N–H and O–H groups in total. The van der Waals surface area contributed by atoms with Gasteiger partial charge in [0.25, 0.3) is 0 Å². The van der Waals surface area contributed by atoms with E-state index in [0.717, 1.165) is 19.3 Å². The van der Waals surface area contributed by atoms with Crippen LogP contribution in [0.3, 0.4) is 0 Å². The van der Waals surface area contributed by atoms with E-state index < -0.39 is 34.1 Å². The van der Waals surface area contributed by atoms with Gasteiger partial charge < -0.3 is 9.84 Å². The molecule has 0 saturated heterocycles. The van der Waals surface area contributed by atoms with Crippen molar-refractivity contribution in [2.24, 2.45) is 0 Å². The van der Waals surface area contributed by atoms with E-state index in [9.17, 15) is 27.1 Å². The molecule has 206 valence electrons. The Labute approximate surface area is 225 Å². The number of aliphatic hydroxyl groups is 1. The molecule has 0 aromatic heterocycles. The van der Waals surface area contributed by atoms with Crippen LogP contribution in [0, 0.1) is 0 Å². The number of aliphatic hydroxyl groups excluding tert-OH is 1. The largest absolute Gasteiger partial charge is 0.465 e. The number of ether oxygens (including phenoxy) is 1. The molecule has 0 radical (unpaired) electrons. The van der Waals surface area contributed by atoms with Crippen molar-refractivity contribution in [3.8, 4) is 0 Å². The first-order valence-electron chi connectivity index (χ1n) is 12.2. The van der Waals surface area contributed by atoms with E-state index in [1.165, 1.54) is 14.7 Å². The second kappa shape index (κ2) is 15.6. The Hall–Kier alpha value is -2.79. The molecule has 3 rings (SSSR count). The molecule has 0 bridgehead atoms. The van der Waals surface area contributed by atoms with Crippen molar-refractivity contribution >= 4 is 27.0 Å². The van der Waals surface area contributed by atoms with Gasteiger partial charge in [0.2, 0.25) is 0 Å². The highest BCUT2D eigenvalue weighted by molar-refractivity contribution is 7.97. The number of hydrogen-bond donors (Lipinski definition) is 2. The van der Waals surface area contributed by atoms with Gasteiger partial charge in [-0.3, -0.25) is 4.55 Å². The smallest absolute Gasteiger partial charge is 0.460 e. The lowest BCUT2D eigenvalue weighted by molar-refractivity contribution is -0.162. The summed E-state index contributed by atoms with van der Waals surface area (Å²) in [6.45, 7) is 1.43. The van der Waals surface area contributed by atoms with Gasteiger partial charge in [0.15, 0.2) is 14.7 Å². The summed E-state index contributed by atoms with van der Waals surface area (Å²) in [5.74, 6) is -2.35. The molecule has 0 saturated carbocycles. The van der Waals surface area contributed by atoms with Crippen molar-refractivity contribution in [3.05, 3.63) is 91.0 Å². The van der Waals surface area contributed by atoms with Crippen LogP contribution in [0.5, 0.6) is 0 Å². The van der Waals surface area contributed by atoms with Gasteiger partial charge in [-0.25, -0.2) is 4.79 Å². The molecule has 10 heteroatoms. The molecule has 38 heavy (non-hydrogen) atoms. The Balaban J connectivity index is 0.000000267. The number of hydrogen-bond acceptors (Lipinski definition) is 5. The highest BCUT2D eigenvalue weighted by atomic mass is 32.2. The number of esters is 1. The number of unbranched alkanes of at least 4 members (excludes halogenated alkanes) is 2. The van der Waals surface area contributed by atoms with Crippen LogP contribution >= 0.6 is 0 Å². The third-order valence-corrected chi connectivity index (χ3v) is 8.37. The van der Waals surface area contributed by atoms with Gasteiger partial charge in [0.05, 0.1) is 23.6 Å². The molecule has 1 unspecified atom stereocenters. The molecule has 3 aromatic carbocycles. The number of halogens is 2. The Bertz CT molecular complexity index is 1100. The zero-order valence-corrected chi connectivity index (χ0v) is 22.7. The lowest BCUT2D eigenvalue weighted by atomic mass is 10.1. The highest BCUT2D eigenvalue weighted by Gasteiger charge is 2.54. The zero-order chi connectivity index (χ0) is 28.0. The van der Waals surface area contributed by atoms with Crippen LogP contribution < -0.4 is 0 Å². The number of carbonyl (C=O) groups is 1. The minimum absolute atomic E-state index is 0.0146. The number of rotatable bonds is 12. The minimum atomic E-state index is -5.84. The summed E-state index contributed by atoms with van der Waals surface area (Å²) in [4.78, 5) is 14.8. The van der Waals surface area contributed by atoms with Crippen LogP contribution in [0.15, 0.2) is 106 Å². The first-order chi connectivity index (χ1) is 18.1. The lowest BCUT2D eigenvalue weighted by Gasteiger charge is -2.13. The van der Waals surface area contributed by atoms with Crippen LogP contribution in [-0.2, 0) is 30.5 Å². The fourth-order valence-corrected chi connectivity index (χ4v) is 5.70. The van der Waals surface area contributed by atoms with Gasteiger partial charge in [-0.1, -0.05) is 80.8 Å². The van der Waals surface area contributed by atoms with E-state index in [1.54, 1.807) is 0 Å². The number of alkyl halides is 2. The topological polar surface area (TPSA) is 101 Å². The molecule has 6 nitrogen and oxygen atoms in total. The second-order valence-electron chi connectivity index (χ2n) is 8.31. The van der Waals surface area contributed by atoms with Gasteiger partial charge in [0.1, 0.15) is 0 Å². The van der Waals surface area contributed by atoms with Crippen LogP contribution in [0.4, 0.5) is 8.78 Å². The number of carbonyl (C=O) groups excluding carboxylic acids is 1. The molecule has 0 aliphatic carbocycles. The third kappa shape index (κ3) is 9.83. The van der Waals surface area contributed by atoms with Crippen molar-refractivity contribution < 1.29 is 36.4 Å². The summed E-state index contributed by atoms with van der Waals surface area (Å²) in [6.07, 6.45) is 2.20. The molecule has 1 atom stereocenters. The average Bonchev–Trinajstić information content (AvgIpc) is 2.90. The van der Waals surface area contributed by atoms with Crippen molar-refractivity contribution in [1.82, 2.24) is 0 Å². The summed E-state index contributed by atoms with van der Waals surface area (Å²) in [5.41, 5.74) is 0. The maximum atomic E-state index is 12.7. The number of benzene rings is 3. The van der Waals surface area contributed by atoms with Gasteiger partial charge >= 0.3 is 21.3 Å². The van der Waals surface area contributed by atoms with E-state index in [-0.39, 0.29) is 17.3 Å². The summed E-state index contributed by atoms with van der Waals surface area (Å²) < 4.78 is 58.0. The van der Waals surface area contributed by atoms with Gasteiger partial charge in [-0.2, -0.15) is 17.2 Å². The second-order valence-corrected chi connectivity index (χ2v) is 11.8. The zero-order valence-electron chi connectivity index (χ0n) is 21.1. The maximum absolute atomic E-state index is 12.7. The van der Waals surface area contributed by atoms with Gasteiger partial charge in [-0.15, -0.1) is 0 Å². The molecular formula is C28H33F2O6S2+. The average molecular weight is 568 g/mol. The van der Waals surface area contributed by atoms with E-state index in [1.807, 2.05) is 6.92 Å². The quantitative estimate of drug-likeness (QED) is 0.118. The molecule has 0 fully saturated rings. The minimum Gasteiger partial charge on any atom is -0.460 e. The normalized spacial score (nSPS) is 12.4. The van der Waals surface area contributed by atoms with Crippen LogP contribution in [0.2, 0.25) is 0 Å². The van der Waals surface area contributed by atoms with Crippen molar-refractivity contribution in [3.63, 3.8) is 0 Å². The Morgan fingerprint density at radius 3 is 1.63 bits per heavy atom. The summed E-state index contributed by atoms with van der Waals surface area (Å²) in [6, 6.07) is 32.2. The van der Waals surface area contributed by atoms with Crippen molar-refractivity contribution in [2.45, 2.75) is 65.1 Å². The first kappa shape index (κ1) is 31.4. The molecule has 0 spiro atoms. The van der Waals surface area contributed by atoms with Crippen LogP contribution in [0.1, 0.15) is 39.0 Å². The monoisotopic (exact) mass is 567 g/mol. The fourth-order valence-electron chi connectivity index (χ4n) is 3.33. The van der Waals surface area contributed by atoms with Gasteiger partial charge in [0, 0.05) is 6.42 Å². The maximum Gasteiger partial charge on any atom is 0.465 e. The van der Waals surface area contributed by atoms with Crippen molar-refractivity contribution in [1.29, 1.82) is 0 Å². The Kier molecular flexibility index (Phi) is 12.9. The molecule has 0 heterocycles. The predicted octanol–water partition coefficient (Wildman–Crippen LogP) is 6.12. The fraction of sp³-hybridized carbons (Fsp3) is 0.321. The molecule has 0 aliphatic heterocycles. The SMILES string of the molecule is CCCCCC(O)CCOC(=O)C(F)(F)S(=O)(=O)O.c1ccc([S+](c2ccccc2)c2ccccc2)cc1. The van der Waals surface area contributed by atoms with E-state index in [4.69, 9.17) is 4.55 Å². The Morgan fingerprint density at radius 2 is 1.26 bits per heavy atom. The molecule has 0 aliphatic rings. The predicted molar refractivity (Wildman–Crippen MR) is 144 cm³/mol. The highest BCUT2D eigenvalue weighted by Crippen LogP contribution is 2.30. The molecular weight excluding hydrogens is 534 g/mol.